The number of carbonyl (C=O) groups excluding carboxylic acids is 2. The Kier molecular flexibility index (Phi) is 5.19. The molecule has 2 atom stereocenters. The maximum atomic E-state index is 12.6. The molecule has 1 heterocycles. The van der Waals surface area contributed by atoms with Crippen molar-refractivity contribution in [1.82, 2.24) is 4.90 Å². The number of rotatable bonds is 4. The predicted molar refractivity (Wildman–Crippen MR) is 102 cm³/mol. The van der Waals surface area contributed by atoms with Gasteiger partial charge in [0.1, 0.15) is 0 Å². The van der Waals surface area contributed by atoms with Crippen molar-refractivity contribution >= 4 is 17.5 Å². The van der Waals surface area contributed by atoms with Gasteiger partial charge < -0.3 is 15.0 Å². The van der Waals surface area contributed by atoms with Crippen molar-refractivity contribution in [3.8, 4) is 0 Å². The lowest BCUT2D eigenvalue weighted by Crippen LogP contribution is -2.40. The third kappa shape index (κ3) is 3.83. The molecule has 0 bridgehead atoms. The first-order chi connectivity index (χ1) is 12.3. The fraction of sp³-hybridized carbons (Fsp3) is 0.524. The number of anilines is 1. The summed E-state index contributed by atoms with van der Waals surface area (Å²) in [4.78, 5) is 26.9. The lowest BCUT2D eigenvalue weighted by Gasteiger charge is -2.26. The fourth-order valence-corrected chi connectivity index (χ4v) is 3.71. The normalized spacial score (nSPS) is 23.9. The Labute approximate surface area is 155 Å². The van der Waals surface area contributed by atoms with Crippen LogP contribution in [0.3, 0.4) is 0 Å². The quantitative estimate of drug-likeness (QED) is 0.842. The highest BCUT2D eigenvalue weighted by atomic mass is 16.5. The molecule has 1 aromatic carbocycles. The molecule has 1 aromatic rings. The van der Waals surface area contributed by atoms with E-state index in [4.69, 9.17) is 4.74 Å². The highest BCUT2D eigenvalue weighted by Gasteiger charge is 2.60. The number of carbonyl (C=O) groups is 2. The minimum atomic E-state index is -0.00735. The predicted octanol–water partition coefficient (Wildman–Crippen LogP) is 3.34. The minimum absolute atomic E-state index is 0.00636. The van der Waals surface area contributed by atoms with Gasteiger partial charge in [-0.3, -0.25) is 9.59 Å². The maximum Gasteiger partial charge on any atom is 0.254 e. The van der Waals surface area contributed by atoms with Gasteiger partial charge >= 0.3 is 0 Å². The number of nitrogens with one attached hydrogen (secondary N) is 1. The number of morpholine rings is 1. The second kappa shape index (κ2) is 7.23. The lowest BCUT2D eigenvalue weighted by molar-refractivity contribution is -0.118. The molecule has 5 heteroatoms. The van der Waals surface area contributed by atoms with Crippen molar-refractivity contribution < 1.29 is 14.3 Å². The zero-order chi connectivity index (χ0) is 18.9. The van der Waals surface area contributed by atoms with Crippen LogP contribution in [0.1, 0.15) is 38.1 Å². The van der Waals surface area contributed by atoms with Gasteiger partial charge in [-0.05, 0) is 49.4 Å². The van der Waals surface area contributed by atoms with Crippen molar-refractivity contribution in [3.63, 3.8) is 0 Å². The Hall–Kier alpha value is -2.14. The first-order valence-corrected chi connectivity index (χ1v) is 9.23. The molecule has 1 saturated carbocycles. The molecule has 2 fully saturated rings. The third-order valence-electron chi connectivity index (χ3n) is 5.40. The lowest BCUT2D eigenvalue weighted by atomic mass is 10.1. The van der Waals surface area contributed by atoms with Gasteiger partial charge in [0.05, 0.1) is 19.1 Å². The number of allylic oxidation sites excluding steroid dienone is 2. The summed E-state index contributed by atoms with van der Waals surface area (Å²) >= 11 is 0. The maximum absolute atomic E-state index is 12.6. The first kappa shape index (κ1) is 18.6. The van der Waals surface area contributed by atoms with Gasteiger partial charge in [-0.2, -0.15) is 0 Å². The van der Waals surface area contributed by atoms with E-state index in [1.807, 2.05) is 0 Å². The van der Waals surface area contributed by atoms with E-state index in [9.17, 15) is 9.59 Å². The highest BCUT2D eigenvalue weighted by molar-refractivity contribution is 5.97. The van der Waals surface area contributed by atoms with Crippen LogP contribution in [-0.2, 0) is 9.53 Å². The summed E-state index contributed by atoms with van der Waals surface area (Å²) in [5.74, 6) is 0.338. The van der Waals surface area contributed by atoms with Crippen LogP contribution in [0, 0.1) is 17.3 Å². The molecule has 140 valence electrons. The van der Waals surface area contributed by atoms with Gasteiger partial charge in [-0.15, -0.1) is 0 Å². The summed E-state index contributed by atoms with van der Waals surface area (Å²) in [5.41, 5.74) is 2.60. The van der Waals surface area contributed by atoms with Crippen LogP contribution in [-0.4, -0.2) is 43.0 Å². The van der Waals surface area contributed by atoms with Gasteiger partial charge in [-0.1, -0.05) is 25.5 Å². The van der Waals surface area contributed by atoms with Crippen molar-refractivity contribution in [1.29, 1.82) is 0 Å². The molecule has 1 saturated heterocycles. The van der Waals surface area contributed by atoms with E-state index in [2.05, 4.69) is 39.1 Å². The molecular formula is C21H28N2O3. The molecule has 5 nitrogen and oxygen atoms in total. The van der Waals surface area contributed by atoms with E-state index in [1.165, 1.54) is 5.57 Å². The largest absolute Gasteiger partial charge is 0.378 e. The molecule has 0 aromatic heterocycles. The molecule has 2 amide bonds. The molecule has 0 radical (unpaired) electrons. The summed E-state index contributed by atoms with van der Waals surface area (Å²) < 4.78 is 5.28. The van der Waals surface area contributed by atoms with Crippen molar-refractivity contribution in [3.05, 3.63) is 41.5 Å². The van der Waals surface area contributed by atoms with Crippen LogP contribution < -0.4 is 5.32 Å². The molecular weight excluding hydrogens is 328 g/mol. The standard InChI is InChI=1S/C21H28N2O3/c1-14(2)13-17-18(21(17,3)4)19(24)22-16-7-5-15(6-8-16)20(25)23-9-11-26-12-10-23/h5-8,13,17-18H,9-12H2,1-4H3,(H,22,24)/t17-,18-/m1/s1. The minimum Gasteiger partial charge on any atom is -0.378 e. The molecule has 3 rings (SSSR count). The fourth-order valence-electron chi connectivity index (χ4n) is 3.71. The summed E-state index contributed by atoms with van der Waals surface area (Å²) in [5, 5.41) is 3.00. The average Bonchev–Trinajstić information content (AvgIpc) is 3.15. The topological polar surface area (TPSA) is 58.6 Å². The van der Waals surface area contributed by atoms with Crippen molar-refractivity contribution in [2.75, 3.05) is 31.6 Å². The van der Waals surface area contributed by atoms with Crippen LogP contribution in [0.5, 0.6) is 0 Å². The SMILES string of the molecule is CC(C)=C[C@@H]1[C@H](C(=O)Nc2ccc(C(=O)N3CCOCC3)cc2)C1(C)C. The zero-order valence-electron chi connectivity index (χ0n) is 16.0. The Bertz CT molecular complexity index is 711. The highest BCUT2D eigenvalue weighted by Crippen LogP contribution is 2.59. The van der Waals surface area contributed by atoms with E-state index in [1.54, 1.807) is 29.2 Å². The Morgan fingerprint density at radius 2 is 1.77 bits per heavy atom. The van der Waals surface area contributed by atoms with E-state index in [0.29, 0.717) is 31.9 Å². The summed E-state index contributed by atoms with van der Waals surface area (Å²) in [7, 11) is 0. The van der Waals surface area contributed by atoms with Crippen LogP contribution in [0.15, 0.2) is 35.9 Å². The summed E-state index contributed by atoms with van der Waals surface area (Å²) in [6.07, 6.45) is 2.19. The smallest absolute Gasteiger partial charge is 0.254 e. The third-order valence-corrected chi connectivity index (χ3v) is 5.40. The van der Waals surface area contributed by atoms with E-state index in [0.717, 1.165) is 5.69 Å². The number of amides is 2. The van der Waals surface area contributed by atoms with Crippen LogP contribution in [0.2, 0.25) is 0 Å². The van der Waals surface area contributed by atoms with Crippen molar-refractivity contribution in [2.45, 2.75) is 27.7 Å². The Morgan fingerprint density at radius 3 is 2.35 bits per heavy atom. The summed E-state index contributed by atoms with van der Waals surface area (Å²) in [6, 6.07) is 7.16. The molecule has 1 aliphatic carbocycles. The van der Waals surface area contributed by atoms with E-state index < -0.39 is 0 Å². The van der Waals surface area contributed by atoms with Gasteiger partial charge in [-0.25, -0.2) is 0 Å². The number of ether oxygens (including phenoxy) is 1. The molecule has 0 spiro atoms. The van der Waals surface area contributed by atoms with Crippen LogP contribution in [0.25, 0.3) is 0 Å². The molecule has 1 aliphatic heterocycles. The van der Waals surface area contributed by atoms with Gasteiger partial charge in [0, 0.05) is 24.3 Å². The van der Waals surface area contributed by atoms with Gasteiger partial charge in [0.2, 0.25) is 5.91 Å². The van der Waals surface area contributed by atoms with Crippen molar-refractivity contribution in [2.24, 2.45) is 17.3 Å². The molecule has 1 N–H and O–H groups in total. The number of benzene rings is 1. The second-order valence-corrected chi connectivity index (χ2v) is 8.04. The Balaban J connectivity index is 1.62. The number of hydrogen-bond donors (Lipinski definition) is 1. The van der Waals surface area contributed by atoms with Gasteiger partial charge in [0.15, 0.2) is 0 Å². The summed E-state index contributed by atoms with van der Waals surface area (Å²) in [6.45, 7) is 10.8. The number of nitrogens with zero attached hydrogens (tertiary/aromatic N) is 1. The van der Waals surface area contributed by atoms with Crippen LogP contribution in [0.4, 0.5) is 5.69 Å². The van der Waals surface area contributed by atoms with Gasteiger partial charge in [0.25, 0.3) is 5.91 Å². The molecule has 2 aliphatic rings. The zero-order valence-corrected chi connectivity index (χ0v) is 16.0. The molecule has 0 unspecified atom stereocenters. The molecule has 26 heavy (non-hydrogen) atoms. The Morgan fingerprint density at radius 1 is 1.15 bits per heavy atom. The van der Waals surface area contributed by atoms with E-state index in [-0.39, 0.29) is 29.1 Å². The second-order valence-electron chi connectivity index (χ2n) is 8.04. The average molecular weight is 356 g/mol. The monoisotopic (exact) mass is 356 g/mol. The number of hydrogen-bond acceptors (Lipinski definition) is 3. The van der Waals surface area contributed by atoms with E-state index >= 15 is 0 Å². The van der Waals surface area contributed by atoms with Crippen LogP contribution >= 0.6 is 0 Å². The first-order valence-electron chi connectivity index (χ1n) is 9.23.